The topological polar surface area (TPSA) is 65.5 Å². The summed E-state index contributed by atoms with van der Waals surface area (Å²) in [5.41, 5.74) is 0.248. The fourth-order valence-electron chi connectivity index (χ4n) is 1.74. The zero-order chi connectivity index (χ0) is 13.8. The summed E-state index contributed by atoms with van der Waals surface area (Å²) in [4.78, 5) is 8.57. The van der Waals surface area contributed by atoms with E-state index in [9.17, 15) is 0 Å². The number of hydrogen-bond acceptors (Lipinski definition) is 6. The van der Waals surface area contributed by atoms with Crippen molar-refractivity contribution < 1.29 is 14.2 Å². The molecule has 102 valence electrons. The number of nitrogens with one attached hydrogen (secondary N) is 1. The molecule has 1 unspecified atom stereocenters. The molecule has 0 saturated carbocycles. The molecule has 0 aliphatic carbocycles. The highest BCUT2D eigenvalue weighted by Crippen LogP contribution is 2.32. The number of likely N-dealkylation sites (N-methyl/N-ethyl adjacent to an activating group) is 1. The Hall–Kier alpha value is -1.40. The minimum atomic E-state index is -0.439. The molecule has 0 fully saturated rings. The van der Waals surface area contributed by atoms with Gasteiger partial charge in [-0.3, -0.25) is 0 Å². The highest BCUT2D eigenvalue weighted by Gasteiger charge is 2.33. The summed E-state index contributed by atoms with van der Waals surface area (Å²) in [6.07, 6.45) is 1.56. The molecule has 1 aromatic heterocycles. The first-order valence-electron chi connectivity index (χ1n) is 5.67. The molecular weight excluding hydrogens is 234 g/mol. The summed E-state index contributed by atoms with van der Waals surface area (Å²) in [5, 5.41) is 3.17. The summed E-state index contributed by atoms with van der Waals surface area (Å²) >= 11 is 0. The standard InChI is InChI=1S/C12H21N3O3/c1-12(2,18-6)10(13-3)9-11(17-5)15-8(16-4)7-14-9/h7,10,13H,1-6H3. The lowest BCUT2D eigenvalue weighted by atomic mass is 9.95. The van der Waals surface area contributed by atoms with Crippen LogP contribution in [0, 0.1) is 0 Å². The predicted octanol–water partition coefficient (Wildman–Crippen LogP) is 1.18. The van der Waals surface area contributed by atoms with E-state index in [2.05, 4.69) is 15.3 Å². The number of methoxy groups -OCH3 is 3. The molecule has 0 saturated heterocycles. The first-order valence-corrected chi connectivity index (χ1v) is 5.67. The van der Waals surface area contributed by atoms with Crippen LogP contribution >= 0.6 is 0 Å². The van der Waals surface area contributed by atoms with Gasteiger partial charge in [0.15, 0.2) is 0 Å². The Bertz CT molecular complexity index is 396. The Labute approximate surface area is 108 Å². The minimum Gasteiger partial charge on any atom is -0.480 e. The second kappa shape index (κ2) is 5.97. The van der Waals surface area contributed by atoms with E-state index in [0.717, 1.165) is 0 Å². The average molecular weight is 255 g/mol. The molecule has 6 nitrogen and oxygen atoms in total. The fraction of sp³-hybridized carbons (Fsp3) is 0.667. The third-order valence-electron chi connectivity index (χ3n) is 2.93. The van der Waals surface area contributed by atoms with Gasteiger partial charge >= 0.3 is 0 Å². The van der Waals surface area contributed by atoms with Crippen molar-refractivity contribution in [1.29, 1.82) is 0 Å². The summed E-state index contributed by atoms with van der Waals surface area (Å²) in [5.74, 6) is 0.847. The van der Waals surface area contributed by atoms with Gasteiger partial charge in [-0.2, -0.15) is 4.98 Å². The molecule has 0 radical (unpaired) electrons. The maximum atomic E-state index is 5.48. The molecular formula is C12H21N3O3. The van der Waals surface area contributed by atoms with Crippen LogP contribution in [0.3, 0.4) is 0 Å². The quantitative estimate of drug-likeness (QED) is 0.823. The molecule has 1 heterocycles. The maximum Gasteiger partial charge on any atom is 0.240 e. The Morgan fingerprint density at radius 2 is 1.89 bits per heavy atom. The van der Waals surface area contributed by atoms with E-state index in [-0.39, 0.29) is 6.04 Å². The molecule has 0 amide bonds. The number of rotatable bonds is 6. The third kappa shape index (κ3) is 2.88. The van der Waals surface area contributed by atoms with E-state index in [0.29, 0.717) is 17.5 Å². The van der Waals surface area contributed by atoms with Gasteiger partial charge in [0.05, 0.1) is 32.1 Å². The smallest absolute Gasteiger partial charge is 0.240 e. The Kier molecular flexibility index (Phi) is 4.86. The van der Waals surface area contributed by atoms with E-state index >= 15 is 0 Å². The van der Waals surface area contributed by atoms with E-state index in [1.165, 1.54) is 7.11 Å². The first kappa shape index (κ1) is 14.7. The Balaban J connectivity index is 3.21. The van der Waals surface area contributed by atoms with Crippen molar-refractivity contribution >= 4 is 0 Å². The van der Waals surface area contributed by atoms with Gasteiger partial charge < -0.3 is 19.5 Å². The second-order valence-electron chi connectivity index (χ2n) is 4.34. The largest absolute Gasteiger partial charge is 0.480 e. The van der Waals surface area contributed by atoms with Gasteiger partial charge in [-0.25, -0.2) is 4.98 Å². The van der Waals surface area contributed by atoms with Gasteiger partial charge in [0.1, 0.15) is 5.69 Å². The molecule has 0 aliphatic rings. The molecule has 0 spiro atoms. The van der Waals surface area contributed by atoms with Gasteiger partial charge in [0, 0.05) is 7.11 Å². The molecule has 1 aromatic rings. The van der Waals surface area contributed by atoms with Crippen LogP contribution in [0.2, 0.25) is 0 Å². The van der Waals surface area contributed by atoms with E-state index in [1.807, 2.05) is 20.9 Å². The monoisotopic (exact) mass is 255 g/mol. The van der Waals surface area contributed by atoms with Crippen LogP contribution in [0.25, 0.3) is 0 Å². The van der Waals surface area contributed by atoms with Crippen LogP contribution in [0.4, 0.5) is 0 Å². The number of aromatic nitrogens is 2. The van der Waals surface area contributed by atoms with Gasteiger partial charge in [-0.05, 0) is 20.9 Å². The molecule has 6 heteroatoms. The van der Waals surface area contributed by atoms with E-state index in [1.54, 1.807) is 20.4 Å². The maximum absolute atomic E-state index is 5.48. The van der Waals surface area contributed by atoms with Gasteiger partial charge in [-0.15, -0.1) is 0 Å². The van der Waals surface area contributed by atoms with Crippen molar-refractivity contribution in [3.63, 3.8) is 0 Å². The van der Waals surface area contributed by atoms with Crippen LogP contribution in [0.1, 0.15) is 25.6 Å². The zero-order valence-electron chi connectivity index (χ0n) is 11.8. The number of ether oxygens (including phenoxy) is 3. The Morgan fingerprint density at radius 3 is 2.33 bits per heavy atom. The van der Waals surface area contributed by atoms with Gasteiger partial charge in [0.25, 0.3) is 0 Å². The van der Waals surface area contributed by atoms with Gasteiger partial charge in [0.2, 0.25) is 11.8 Å². The predicted molar refractivity (Wildman–Crippen MR) is 68.0 cm³/mol. The van der Waals surface area contributed by atoms with Crippen molar-refractivity contribution in [1.82, 2.24) is 15.3 Å². The van der Waals surface area contributed by atoms with Crippen LogP contribution in [0.15, 0.2) is 6.20 Å². The molecule has 1 N–H and O–H groups in total. The number of nitrogens with zero attached hydrogens (tertiary/aromatic N) is 2. The lowest BCUT2D eigenvalue weighted by Gasteiger charge is -2.32. The highest BCUT2D eigenvalue weighted by molar-refractivity contribution is 5.27. The van der Waals surface area contributed by atoms with Crippen molar-refractivity contribution in [2.24, 2.45) is 0 Å². The molecule has 18 heavy (non-hydrogen) atoms. The van der Waals surface area contributed by atoms with Crippen LogP contribution in [-0.2, 0) is 4.74 Å². The average Bonchev–Trinajstić information content (AvgIpc) is 2.39. The normalized spacial score (nSPS) is 13.2. The minimum absolute atomic E-state index is 0.143. The van der Waals surface area contributed by atoms with E-state index < -0.39 is 5.60 Å². The molecule has 1 atom stereocenters. The third-order valence-corrected chi connectivity index (χ3v) is 2.93. The van der Waals surface area contributed by atoms with Crippen molar-refractivity contribution in [2.45, 2.75) is 25.5 Å². The molecule has 0 aromatic carbocycles. The van der Waals surface area contributed by atoms with Crippen LogP contribution in [-0.4, -0.2) is 43.9 Å². The first-order chi connectivity index (χ1) is 8.50. The lowest BCUT2D eigenvalue weighted by molar-refractivity contribution is -0.0110. The zero-order valence-corrected chi connectivity index (χ0v) is 11.8. The number of hydrogen-bond donors (Lipinski definition) is 1. The van der Waals surface area contributed by atoms with Crippen molar-refractivity contribution in [2.75, 3.05) is 28.4 Å². The second-order valence-corrected chi connectivity index (χ2v) is 4.34. The SMILES string of the molecule is CNC(c1ncc(OC)nc1OC)C(C)(C)OC. The fourth-order valence-corrected chi connectivity index (χ4v) is 1.74. The van der Waals surface area contributed by atoms with Gasteiger partial charge in [-0.1, -0.05) is 0 Å². The lowest BCUT2D eigenvalue weighted by Crippen LogP contribution is -2.40. The van der Waals surface area contributed by atoms with Crippen LogP contribution in [0.5, 0.6) is 11.8 Å². The molecule has 1 rings (SSSR count). The molecule has 0 bridgehead atoms. The van der Waals surface area contributed by atoms with Crippen molar-refractivity contribution in [3.05, 3.63) is 11.9 Å². The van der Waals surface area contributed by atoms with Crippen molar-refractivity contribution in [3.8, 4) is 11.8 Å². The Morgan fingerprint density at radius 1 is 1.22 bits per heavy atom. The highest BCUT2D eigenvalue weighted by atomic mass is 16.5. The molecule has 0 aliphatic heterocycles. The summed E-state index contributed by atoms with van der Waals surface area (Å²) in [6, 6.07) is -0.143. The summed E-state index contributed by atoms with van der Waals surface area (Å²) < 4.78 is 15.8. The van der Waals surface area contributed by atoms with Crippen LogP contribution < -0.4 is 14.8 Å². The summed E-state index contributed by atoms with van der Waals surface area (Å²) in [6.45, 7) is 3.94. The van der Waals surface area contributed by atoms with E-state index in [4.69, 9.17) is 14.2 Å². The summed E-state index contributed by atoms with van der Waals surface area (Å²) in [7, 11) is 6.60.